The molecule has 8 nitrogen and oxygen atoms in total. The van der Waals surface area contributed by atoms with Gasteiger partial charge < -0.3 is 4.90 Å². The minimum absolute atomic E-state index is 0.0710. The third-order valence-corrected chi connectivity index (χ3v) is 5.04. The Morgan fingerprint density at radius 1 is 1.17 bits per heavy atom. The lowest BCUT2D eigenvalue weighted by molar-refractivity contribution is 0.0908. The molecule has 1 aromatic heterocycles. The van der Waals surface area contributed by atoms with Crippen molar-refractivity contribution in [1.82, 2.24) is 25.3 Å². The van der Waals surface area contributed by atoms with E-state index in [1.807, 2.05) is 20.8 Å². The van der Waals surface area contributed by atoms with Gasteiger partial charge in [0.25, 0.3) is 5.91 Å². The van der Waals surface area contributed by atoms with Gasteiger partial charge in [-0.05, 0) is 45.7 Å². The number of imidazole rings is 1. The van der Waals surface area contributed by atoms with Crippen molar-refractivity contribution in [2.75, 3.05) is 18.0 Å². The molecule has 2 N–H and O–H groups in total. The molecule has 154 valence electrons. The maximum absolute atomic E-state index is 14.7. The second-order valence-corrected chi connectivity index (χ2v) is 8.41. The first-order valence-electron chi connectivity index (χ1n) is 9.75. The number of rotatable bonds is 2. The van der Waals surface area contributed by atoms with Crippen LogP contribution in [0.25, 0.3) is 5.69 Å². The van der Waals surface area contributed by atoms with E-state index in [4.69, 9.17) is 0 Å². The second kappa shape index (κ2) is 7.14. The fraction of sp³-hybridized carbons (Fsp3) is 0.450. The van der Waals surface area contributed by atoms with E-state index in [0.717, 1.165) is 12.8 Å². The summed E-state index contributed by atoms with van der Waals surface area (Å²) in [4.78, 5) is 33.2. The highest BCUT2D eigenvalue weighted by molar-refractivity contribution is 5.98. The minimum Gasteiger partial charge on any atom is -0.324 e. The summed E-state index contributed by atoms with van der Waals surface area (Å²) in [6.07, 6.45) is 3.37. The maximum atomic E-state index is 14.7. The third-order valence-electron chi connectivity index (χ3n) is 5.04. The molecule has 0 aliphatic carbocycles. The van der Waals surface area contributed by atoms with Crippen LogP contribution in [0.15, 0.2) is 24.5 Å². The SMILES string of the molecule is CC(C)(C)NNC(=O)c1ncn2c1CN(C(=O)N1CCCC1)c1c(F)cccc1-2. The molecule has 29 heavy (non-hydrogen) atoms. The highest BCUT2D eigenvalue weighted by atomic mass is 19.1. The quantitative estimate of drug-likeness (QED) is 0.759. The molecule has 0 saturated carbocycles. The number of carbonyl (C=O) groups excluding carboxylic acids is 2. The Bertz CT molecular complexity index is 958. The molecule has 3 amide bonds. The van der Waals surface area contributed by atoms with Gasteiger partial charge in [-0.2, -0.15) is 0 Å². The van der Waals surface area contributed by atoms with Crippen LogP contribution in [0.4, 0.5) is 14.9 Å². The van der Waals surface area contributed by atoms with Crippen LogP contribution in [0.5, 0.6) is 0 Å². The Morgan fingerprint density at radius 3 is 2.59 bits per heavy atom. The molecule has 9 heteroatoms. The number of carbonyl (C=O) groups is 2. The third kappa shape index (κ3) is 3.57. The largest absolute Gasteiger partial charge is 0.325 e. The molecular formula is C20H25FN6O2. The highest BCUT2D eigenvalue weighted by Crippen LogP contribution is 2.36. The zero-order valence-electron chi connectivity index (χ0n) is 16.8. The molecule has 0 unspecified atom stereocenters. The number of hydrogen-bond acceptors (Lipinski definition) is 4. The van der Waals surface area contributed by atoms with Gasteiger partial charge in [-0.25, -0.2) is 19.6 Å². The molecule has 2 aliphatic heterocycles. The molecule has 2 aromatic rings. The van der Waals surface area contributed by atoms with Gasteiger partial charge in [-0.15, -0.1) is 0 Å². The molecule has 0 radical (unpaired) electrons. The summed E-state index contributed by atoms with van der Waals surface area (Å²) in [6.45, 7) is 7.15. The highest BCUT2D eigenvalue weighted by Gasteiger charge is 2.35. The van der Waals surface area contributed by atoms with Gasteiger partial charge in [0.1, 0.15) is 17.8 Å². The van der Waals surface area contributed by atoms with Gasteiger partial charge in [0, 0.05) is 18.6 Å². The van der Waals surface area contributed by atoms with Gasteiger partial charge in [0.05, 0.1) is 17.9 Å². The smallest absolute Gasteiger partial charge is 0.324 e. The predicted molar refractivity (Wildman–Crippen MR) is 106 cm³/mol. The van der Waals surface area contributed by atoms with E-state index in [2.05, 4.69) is 15.8 Å². The number of hydrogen-bond donors (Lipinski definition) is 2. The number of urea groups is 1. The number of amides is 3. The van der Waals surface area contributed by atoms with Crippen molar-refractivity contribution in [3.05, 3.63) is 41.7 Å². The summed E-state index contributed by atoms with van der Waals surface area (Å²) < 4.78 is 16.4. The van der Waals surface area contributed by atoms with Crippen LogP contribution in [-0.2, 0) is 6.54 Å². The maximum Gasteiger partial charge on any atom is 0.325 e. The zero-order chi connectivity index (χ0) is 20.8. The molecular weight excluding hydrogens is 375 g/mol. The summed E-state index contributed by atoms with van der Waals surface area (Å²) in [6, 6.07) is 4.40. The van der Waals surface area contributed by atoms with Gasteiger partial charge in [-0.1, -0.05) is 6.07 Å². The lowest BCUT2D eigenvalue weighted by Crippen LogP contribution is -2.49. The summed E-state index contributed by atoms with van der Waals surface area (Å²) >= 11 is 0. The fourth-order valence-corrected chi connectivity index (χ4v) is 3.66. The van der Waals surface area contributed by atoms with Crippen LogP contribution in [0.1, 0.15) is 49.8 Å². The summed E-state index contributed by atoms with van der Waals surface area (Å²) in [5, 5.41) is 0. The number of aromatic nitrogens is 2. The molecule has 4 rings (SSSR count). The second-order valence-electron chi connectivity index (χ2n) is 8.41. The number of nitrogens with zero attached hydrogens (tertiary/aromatic N) is 4. The van der Waals surface area contributed by atoms with Crippen LogP contribution in [0.2, 0.25) is 0 Å². The van der Waals surface area contributed by atoms with E-state index in [0.29, 0.717) is 24.5 Å². The minimum atomic E-state index is -0.477. The average molecular weight is 400 g/mol. The van der Waals surface area contributed by atoms with Crippen molar-refractivity contribution < 1.29 is 14.0 Å². The van der Waals surface area contributed by atoms with Crippen LogP contribution >= 0.6 is 0 Å². The molecule has 2 aliphatic rings. The standard InChI is InChI=1S/C20H25FN6O2/c1-20(2,3)24-23-18(28)16-15-11-26(19(29)25-9-4-5-10-25)17-13(21)7-6-8-14(17)27(15)12-22-16/h6-8,12,24H,4-5,9-11H2,1-3H3,(H,23,28). The first kappa shape index (κ1) is 19.4. The predicted octanol–water partition coefficient (Wildman–Crippen LogP) is 2.58. The number of nitrogens with one attached hydrogen (secondary N) is 2. The van der Waals surface area contributed by atoms with E-state index in [-0.39, 0.29) is 29.5 Å². The number of para-hydroxylation sites is 1. The molecule has 3 heterocycles. The zero-order valence-corrected chi connectivity index (χ0v) is 16.8. The van der Waals surface area contributed by atoms with E-state index in [1.54, 1.807) is 21.6 Å². The van der Waals surface area contributed by atoms with Crippen molar-refractivity contribution in [2.24, 2.45) is 0 Å². The van der Waals surface area contributed by atoms with Gasteiger partial charge in [0.2, 0.25) is 0 Å². The summed E-state index contributed by atoms with van der Waals surface area (Å²) in [5.41, 5.74) is 6.73. The van der Waals surface area contributed by atoms with E-state index in [1.165, 1.54) is 17.3 Å². The van der Waals surface area contributed by atoms with E-state index < -0.39 is 11.7 Å². The Balaban J connectivity index is 1.72. The summed E-state index contributed by atoms with van der Waals surface area (Å²) in [5.74, 6) is -0.878. The van der Waals surface area contributed by atoms with Gasteiger partial charge in [0.15, 0.2) is 5.69 Å². The first-order valence-corrected chi connectivity index (χ1v) is 9.75. The van der Waals surface area contributed by atoms with E-state index in [9.17, 15) is 14.0 Å². The van der Waals surface area contributed by atoms with Crippen LogP contribution in [0, 0.1) is 5.82 Å². The Morgan fingerprint density at radius 2 is 1.90 bits per heavy atom. The number of hydrazine groups is 1. The van der Waals surface area contributed by atoms with Gasteiger partial charge >= 0.3 is 6.03 Å². The Hall–Kier alpha value is -2.94. The monoisotopic (exact) mass is 400 g/mol. The first-order chi connectivity index (χ1) is 13.8. The summed E-state index contributed by atoms with van der Waals surface area (Å²) in [7, 11) is 0. The van der Waals surface area contributed by atoms with Crippen molar-refractivity contribution >= 4 is 17.6 Å². The number of anilines is 1. The normalized spacial score (nSPS) is 15.9. The number of benzene rings is 1. The van der Waals surface area contributed by atoms with E-state index >= 15 is 0 Å². The number of halogens is 1. The topological polar surface area (TPSA) is 82.5 Å². The Kier molecular flexibility index (Phi) is 4.77. The molecule has 1 fully saturated rings. The van der Waals surface area contributed by atoms with Crippen LogP contribution in [0.3, 0.4) is 0 Å². The molecule has 0 spiro atoms. The van der Waals surface area contributed by atoms with Crippen molar-refractivity contribution in [3.63, 3.8) is 0 Å². The molecule has 1 aromatic carbocycles. The van der Waals surface area contributed by atoms with Crippen molar-refractivity contribution in [3.8, 4) is 5.69 Å². The van der Waals surface area contributed by atoms with Gasteiger partial charge in [-0.3, -0.25) is 19.7 Å². The van der Waals surface area contributed by atoms with Crippen molar-refractivity contribution in [2.45, 2.75) is 45.7 Å². The average Bonchev–Trinajstić information content (AvgIpc) is 3.34. The lowest BCUT2D eigenvalue weighted by atomic mass is 10.1. The van der Waals surface area contributed by atoms with Crippen molar-refractivity contribution in [1.29, 1.82) is 0 Å². The molecule has 1 saturated heterocycles. The number of fused-ring (bicyclic) bond motifs is 3. The lowest BCUT2D eigenvalue weighted by Gasteiger charge is -2.33. The molecule has 0 bridgehead atoms. The fourth-order valence-electron chi connectivity index (χ4n) is 3.66. The molecule has 0 atom stereocenters. The Labute approximate surface area is 168 Å². The number of likely N-dealkylation sites (tertiary alicyclic amines) is 1. The van der Waals surface area contributed by atoms with Crippen LogP contribution < -0.4 is 15.8 Å². The van der Waals surface area contributed by atoms with Crippen LogP contribution in [-0.4, -0.2) is 45.0 Å².